The summed E-state index contributed by atoms with van der Waals surface area (Å²) in [5.41, 5.74) is 2.53. The molecule has 0 saturated heterocycles. The molecule has 2 rings (SSSR count). The zero-order valence-corrected chi connectivity index (χ0v) is 11.7. The molecule has 4 heteroatoms. The number of hydrogen-bond acceptors (Lipinski definition) is 2. The predicted octanol–water partition coefficient (Wildman–Crippen LogP) is 3.71. The molecule has 0 unspecified atom stereocenters. The molecule has 1 amide bonds. The van der Waals surface area contributed by atoms with Gasteiger partial charge in [-0.15, -0.1) is 0 Å². The zero-order valence-electron chi connectivity index (χ0n) is 10.9. The number of halogens is 1. The van der Waals surface area contributed by atoms with E-state index >= 15 is 0 Å². The third kappa shape index (κ3) is 2.93. The first-order chi connectivity index (χ1) is 9.13. The fourth-order valence-corrected chi connectivity index (χ4v) is 2.15. The van der Waals surface area contributed by atoms with Crippen LogP contribution in [0.25, 0.3) is 0 Å². The lowest BCUT2D eigenvalue weighted by Crippen LogP contribution is -2.31. The smallest absolute Gasteiger partial charge is 0.258 e. The van der Waals surface area contributed by atoms with E-state index in [1.54, 1.807) is 23.2 Å². The number of anilines is 1. The van der Waals surface area contributed by atoms with Crippen LogP contribution in [0.15, 0.2) is 42.6 Å². The number of hydrogen-bond donors (Lipinski definition) is 0. The number of pyridine rings is 1. The maximum atomic E-state index is 12.5. The van der Waals surface area contributed by atoms with Gasteiger partial charge in [0.2, 0.25) is 0 Å². The monoisotopic (exact) mass is 274 g/mol. The van der Waals surface area contributed by atoms with Crippen LogP contribution in [0, 0.1) is 6.92 Å². The molecule has 19 heavy (non-hydrogen) atoms. The van der Waals surface area contributed by atoms with Gasteiger partial charge in [-0.25, -0.2) is 4.98 Å². The van der Waals surface area contributed by atoms with Crippen LogP contribution in [0.3, 0.4) is 0 Å². The topological polar surface area (TPSA) is 33.2 Å². The van der Waals surface area contributed by atoms with Gasteiger partial charge in [0.05, 0.1) is 0 Å². The lowest BCUT2D eigenvalue weighted by Gasteiger charge is -2.23. The van der Waals surface area contributed by atoms with Crippen molar-refractivity contribution in [3.8, 4) is 0 Å². The Morgan fingerprint density at radius 1 is 1.32 bits per heavy atom. The Kier molecular flexibility index (Phi) is 4.17. The molecule has 0 N–H and O–H groups in total. The second-order valence-corrected chi connectivity index (χ2v) is 4.59. The fraction of sp³-hybridized carbons (Fsp3) is 0.200. The summed E-state index contributed by atoms with van der Waals surface area (Å²) in [6.45, 7) is 4.54. The number of rotatable bonds is 3. The number of carbonyl (C=O) groups is 1. The van der Waals surface area contributed by atoms with Crippen molar-refractivity contribution in [3.63, 3.8) is 0 Å². The van der Waals surface area contributed by atoms with E-state index in [2.05, 4.69) is 4.98 Å². The third-order valence-electron chi connectivity index (χ3n) is 2.94. The van der Waals surface area contributed by atoms with Crippen molar-refractivity contribution in [1.82, 2.24) is 4.98 Å². The number of amides is 1. The van der Waals surface area contributed by atoms with Gasteiger partial charge in [0, 0.05) is 24.0 Å². The number of nitrogens with zero attached hydrogens (tertiary/aromatic N) is 2. The van der Waals surface area contributed by atoms with E-state index in [4.69, 9.17) is 11.6 Å². The van der Waals surface area contributed by atoms with Crippen molar-refractivity contribution in [2.24, 2.45) is 0 Å². The second kappa shape index (κ2) is 5.85. The summed E-state index contributed by atoms with van der Waals surface area (Å²) < 4.78 is 0. The van der Waals surface area contributed by atoms with Gasteiger partial charge in [-0.3, -0.25) is 4.79 Å². The summed E-state index contributed by atoms with van der Waals surface area (Å²) >= 11 is 5.83. The van der Waals surface area contributed by atoms with Crippen LogP contribution in [-0.2, 0) is 0 Å². The van der Waals surface area contributed by atoms with Crippen molar-refractivity contribution < 1.29 is 4.79 Å². The molecule has 0 bridgehead atoms. The van der Waals surface area contributed by atoms with E-state index in [9.17, 15) is 4.79 Å². The highest BCUT2D eigenvalue weighted by atomic mass is 35.5. The molecule has 0 saturated carbocycles. The van der Waals surface area contributed by atoms with Gasteiger partial charge in [-0.05, 0) is 37.6 Å². The largest absolute Gasteiger partial charge is 0.308 e. The number of carbonyl (C=O) groups excluding carboxylic acids is 1. The Bertz CT molecular complexity index is 598. The Balaban J connectivity index is 2.38. The highest BCUT2D eigenvalue weighted by molar-refractivity contribution is 6.29. The summed E-state index contributed by atoms with van der Waals surface area (Å²) in [5.74, 6) is -0.0684. The third-order valence-corrected chi connectivity index (χ3v) is 3.15. The second-order valence-electron chi connectivity index (χ2n) is 4.20. The molecule has 1 heterocycles. The molecule has 3 nitrogen and oxygen atoms in total. The van der Waals surface area contributed by atoms with E-state index in [0.29, 0.717) is 17.3 Å². The summed E-state index contributed by atoms with van der Waals surface area (Å²) in [4.78, 5) is 18.1. The standard InChI is InChI=1S/C15H15ClN2O/c1-3-18(13-7-5-4-6-11(13)2)15(19)12-8-9-17-14(16)10-12/h4-10H,3H2,1-2H3. The zero-order chi connectivity index (χ0) is 13.8. The highest BCUT2D eigenvalue weighted by Gasteiger charge is 2.17. The lowest BCUT2D eigenvalue weighted by atomic mass is 10.1. The van der Waals surface area contributed by atoms with E-state index < -0.39 is 0 Å². The molecular formula is C15H15ClN2O. The van der Waals surface area contributed by atoms with Gasteiger partial charge in [0.1, 0.15) is 5.15 Å². The van der Waals surface area contributed by atoms with Crippen molar-refractivity contribution in [2.45, 2.75) is 13.8 Å². The van der Waals surface area contributed by atoms with Crippen LogP contribution in [-0.4, -0.2) is 17.4 Å². The Morgan fingerprint density at radius 2 is 2.05 bits per heavy atom. The summed E-state index contributed by atoms with van der Waals surface area (Å²) in [5, 5.41) is 0.326. The summed E-state index contributed by atoms with van der Waals surface area (Å²) in [6.07, 6.45) is 1.54. The highest BCUT2D eigenvalue weighted by Crippen LogP contribution is 2.21. The quantitative estimate of drug-likeness (QED) is 0.800. The maximum Gasteiger partial charge on any atom is 0.258 e. The molecule has 98 valence electrons. The molecule has 1 aromatic heterocycles. The molecule has 0 aliphatic rings. The predicted molar refractivity (Wildman–Crippen MR) is 77.8 cm³/mol. The first-order valence-corrected chi connectivity index (χ1v) is 6.50. The Morgan fingerprint density at radius 3 is 2.68 bits per heavy atom. The van der Waals surface area contributed by atoms with Crippen LogP contribution in [0.5, 0.6) is 0 Å². The molecule has 0 aliphatic heterocycles. The summed E-state index contributed by atoms with van der Waals surface area (Å²) in [7, 11) is 0. The van der Waals surface area contributed by atoms with E-state index in [1.807, 2.05) is 38.1 Å². The van der Waals surface area contributed by atoms with Gasteiger partial charge in [0.15, 0.2) is 0 Å². The van der Waals surface area contributed by atoms with Crippen molar-refractivity contribution >= 4 is 23.2 Å². The van der Waals surface area contributed by atoms with E-state index in [0.717, 1.165) is 11.3 Å². The molecular weight excluding hydrogens is 260 g/mol. The fourth-order valence-electron chi connectivity index (χ4n) is 1.98. The minimum atomic E-state index is -0.0684. The van der Waals surface area contributed by atoms with Crippen molar-refractivity contribution in [1.29, 1.82) is 0 Å². The van der Waals surface area contributed by atoms with Crippen LogP contribution < -0.4 is 4.90 Å². The van der Waals surface area contributed by atoms with Crippen LogP contribution in [0.1, 0.15) is 22.8 Å². The Hall–Kier alpha value is -1.87. The minimum Gasteiger partial charge on any atom is -0.308 e. The Labute approximate surface area is 117 Å². The first kappa shape index (κ1) is 13.6. The molecule has 2 aromatic rings. The SMILES string of the molecule is CCN(C(=O)c1ccnc(Cl)c1)c1ccccc1C. The molecule has 0 radical (unpaired) electrons. The average molecular weight is 275 g/mol. The molecule has 0 fully saturated rings. The molecule has 0 spiro atoms. The number of aromatic nitrogens is 1. The molecule has 0 atom stereocenters. The van der Waals surface area contributed by atoms with E-state index in [1.165, 1.54) is 0 Å². The van der Waals surface area contributed by atoms with Crippen LogP contribution >= 0.6 is 11.6 Å². The molecule has 0 aliphatic carbocycles. The summed E-state index contributed by atoms with van der Waals surface area (Å²) in [6, 6.07) is 11.1. The number of benzene rings is 1. The van der Waals surface area contributed by atoms with Gasteiger partial charge in [0.25, 0.3) is 5.91 Å². The van der Waals surface area contributed by atoms with Crippen LogP contribution in [0.4, 0.5) is 5.69 Å². The number of para-hydroxylation sites is 1. The maximum absolute atomic E-state index is 12.5. The van der Waals surface area contributed by atoms with Crippen molar-refractivity contribution in [3.05, 3.63) is 58.9 Å². The van der Waals surface area contributed by atoms with Crippen LogP contribution in [0.2, 0.25) is 5.15 Å². The van der Waals surface area contributed by atoms with Gasteiger partial charge >= 0.3 is 0 Å². The number of aryl methyl sites for hydroxylation is 1. The average Bonchev–Trinajstić information content (AvgIpc) is 2.41. The van der Waals surface area contributed by atoms with E-state index in [-0.39, 0.29) is 5.91 Å². The van der Waals surface area contributed by atoms with Gasteiger partial charge in [-0.2, -0.15) is 0 Å². The van der Waals surface area contributed by atoms with Crippen molar-refractivity contribution in [2.75, 3.05) is 11.4 Å². The molecule has 1 aromatic carbocycles. The lowest BCUT2D eigenvalue weighted by molar-refractivity contribution is 0.0988. The first-order valence-electron chi connectivity index (χ1n) is 6.12. The van der Waals surface area contributed by atoms with Gasteiger partial charge in [-0.1, -0.05) is 29.8 Å². The normalized spacial score (nSPS) is 10.3. The minimum absolute atomic E-state index is 0.0684. The van der Waals surface area contributed by atoms with Gasteiger partial charge < -0.3 is 4.90 Å².